The monoisotopic (exact) mass is 417 g/mol. The van der Waals surface area contributed by atoms with E-state index in [9.17, 15) is 15.0 Å². The first-order valence-electron chi connectivity index (χ1n) is 11.9. The molecule has 1 heterocycles. The molecule has 0 spiro atoms. The van der Waals surface area contributed by atoms with E-state index in [2.05, 4.69) is 19.9 Å². The van der Waals surface area contributed by atoms with Crippen LogP contribution in [0, 0.1) is 23.2 Å². The molecule has 4 nitrogen and oxygen atoms in total. The maximum absolute atomic E-state index is 12.4. The molecule has 4 heteroatoms. The molecule has 1 aromatic carbocycles. The lowest BCUT2D eigenvalue weighted by atomic mass is 9.48. The normalized spacial score (nSPS) is 38.6. The molecule has 1 aromatic heterocycles. The van der Waals surface area contributed by atoms with E-state index in [1.807, 2.05) is 24.3 Å². The summed E-state index contributed by atoms with van der Waals surface area (Å²) in [5, 5.41) is 21.2. The van der Waals surface area contributed by atoms with E-state index in [1.165, 1.54) is 5.57 Å². The predicted molar refractivity (Wildman–Crippen MR) is 120 cm³/mol. The number of aliphatic hydroxyl groups is 1. The van der Waals surface area contributed by atoms with Gasteiger partial charge < -0.3 is 10.2 Å². The molecule has 6 rings (SSSR count). The van der Waals surface area contributed by atoms with Crippen molar-refractivity contribution < 1.29 is 15.0 Å². The van der Waals surface area contributed by atoms with Crippen LogP contribution >= 0.6 is 0 Å². The first-order chi connectivity index (χ1) is 14.8. The Labute approximate surface area is 183 Å². The third-order valence-electron chi connectivity index (χ3n) is 9.64. The van der Waals surface area contributed by atoms with Crippen LogP contribution < -0.4 is 0 Å². The zero-order valence-corrected chi connectivity index (χ0v) is 18.4. The summed E-state index contributed by atoms with van der Waals surface area (Å²) in [6, 6.07) is 7.72. The second-order valence-corrected chi connectivity index (χ2v) is 11.0. The van der Waals surface area contributed by atoms with Gasteiger partial charge in [0.25, 0.3) is 0 Å². The van der Waals surface area contributed by atoms with Gasteiger partial charge in [0.1, 0.15) is 0 Å². The minimum Gasteiger partial charge on any atom is -0.478 e. The molecule has 2 aromatic rings. The van der Waals surface area contributed by atoms with Crippen LogP contribution in [0.2, 0.25) is 0 Å². The number of aromatic carboxylic acids is 1. The summed E-state index contributed by atoms with van der Waals surface area (Å²) in [5.41, 5.74) is 4.92. The lowest BCUT2D eigenvalue weighted by molar-refractivity contribution is -0.0169. The van der Waals surface area contributed by atoms with Crippen LogP contribution in [0.15, 0.2) is 35.9 Å². The average molecular weight is 418 g/mol. The highest BCUT2D eigenvalue weighted by molar-refractivity contribution is 6.04. The van der Waals surface area contributed by atoms with E-state index in [0.717, 1.165) is 67.1 Å². The number of carboxylic acid groups (broad SMARTS) is 1. The number of para-hydroxylation sites is 1. The standard InChI is InChI=1S/C27H31NO3/c1-26-11-9-16(29)13-15(26)7-8-17-20(26)10-12-27(2)21(17)14-19-23(25(30)31)18-5-3-4-6-22(18)28-24(19)27/h3-7,16-17,20-21,29H,8-14H2,1-2H3,(H,30,31)/t16-,17-,20-,21-,26-,27+/m0/s1. The molecule has 2 fully saturated rings. The van der Waals surface area contributed by atoms with Crippen molar-refractivity contribution in [3.05, 3.63) is 52.7 Å². The van der Waals surface area contributed by atoms with Gasteiger partial charge in [0.15, 0.2) is 0 Å². The molecular formula is C27H31NO3. The number of rotatable bonds is 1. The topological polar surface area (TPSA) is 70.4 Å². The molecule has 0 unspecified atom stereocenters. The highest BCUT2D eigenvalue weighted by Crippen LogP contribution is 2.64. The van der Waals surface area contributed by atoms with Gasteiger partial charge in [-0.25, -0.2) is 4.79 Å². The van der Waals surface area contributed by atoms with Gasteiger partial charge in [-0.3, -0.25) is 4.98 Å². The molecule has 0 bridgehead atoms. The Bertz CT molecular complexity index is 1140. The van der Waals surface area contributed by atoms with E-state index >= 15 is 0 Å². The van der Waals surface area contributed by atoms with Crippen LogP contribution in [0.1, 0.15) is 74.0 Å². The van der Waals surface area contributed by atoms with E-state index in [4.69, 9.17) is 4.98 Å². The molecule has 162 valence electrons. The molecule has 31 heavy (non-hydrogen) atoms. The van der Waals surface area contributed by atoms with Gasteiger partial charge in [0, 0.05) is 10.8 Å². The number of carboxylic acids is 1. The second-order valence-electron chi connectivity index (χ2n) is 11.0. The minimum atomic E-state index is -0.826. The molecular weight excluding hydrogens is 386 g/mol. The van der Waals surface area contributed by atoms with E-state index in [-0.39, 0.29) is 16.9 Å². The SMILES string of the molecule is C[C@]12CC[C@H](O)CC1=CC[C@H]1[C@@H]2CC[C@@]2(C)c3nc4ccccc4c(C(=O)O)c3C[C@@H]12. The first-order valence-corrected chi connectivity index (χ1v) is 11.9. The fourth-order valence-corrected chi connectivity index (χ4v) is 8.02. The molecule has 4 aliphatic rings. The van der Waals surface area contributed by atoms with E-state index in [1.54, 1.807) is 0 Å². The summed E-state index contributed by atoms with van der Waals surface area (Å²) in [4.78, 5) is 17.5. The third kappa shape index (κ3) is 2.51. The predicted octanol–water partition coefficient (Wildman–Crippen LogP) is 5.27. The summed E-state index contributed by atoms with van der Waals surface area (Å²) in [6.45, 7) is 4.78. The number of aliphatic hydroxyl groups excluding tert-OH is 1. The zero-order valence-electron chi connectivity index (χ0n) is 18.4. The van der Waals surface area contributed by atoms with Gasteiger partial charge in [-0.15, -0.1) is 0 Å². The van der Waals surface area contributed by atoms with Crippen molar-refractivity contribution in [2.24, 2.45) is 23.2 Å². The van der Waals surface area contributed by atoms with Gasteiger partial charge in [0.05, 0.1) is 22.9 Å². The zero-order chi connectivity index (χ0) is 21.5. The lowest BCUT2D eigenvalue weighted by Gasteiger charge is -2.57. The van der Waals surface area contributed by atoms with Gasteiger partial charge in [-0.05, 0) is 79.7 Å². The van der Waals surface area contributed by atoms with Crippen molar-refractivity contribution in [3.63, 3.8) is 0 Å². The van der Waals surface area contributed by atoms with Crippen molar-refractivity contribution in [2.75, 3.05) is 0 Å². The highest BCUT2D eigenvalue weighted by Gasteiger charge is 2.58. The molecule has 0 saturated heterocycles. The Morgan fingerprint density at radius 2 is 1.84 bits per heavy atom. The van der Waals surface area contributed by atoms with Crippen LogP contribution in [-0.2, 0) is 11.8 Å². The average Bonchev–Trinajstić information content (AvgIpc) is 3.04. The van der Waals surface area contributed by atoms with Crippen molar-refractivity contribution in [1.82, 2.24) is 4.98 Å². The van der Waals surface area contributed by atoms with Crippen LogP contribution in [0.4, 0.5) is 0 Å². The number of nitrogens with zero attached hydrogens (tertiary/aromatic N) is 1. The largest absolute Gasteiger partial charge is 0.478 e. The molecule has 0 aliphatic heterocycles. The lowest BCUT2D eigenvalue weighted by Crippen LogP contribution is -2.51. The van der Waals surface area contributed by atoms with Crippen LogP contribution in [-0.4, -0.2) is 27.3 Å². The summed E-state index contributed by atoms with van der Waals surface area (Å²) in [6.07, 6.45) is 9.16. The van der Waals surface area contributed by atoms with Crippen molar-refractivity contribution in [1.29, 1.82) is 0 Å². The number of pyridine rings is 1. The van der Waals surface area contributed by atoms with E-state index in [0.29, 0.717) is 23.3 Å². The van der Waals surface area contributed by atoms with Gasteiger partial charge in [-0.2, -0.15) is 0 Å². The number of allylic oxidation sites excluding steroid dienone is 1. The molecule has 2 N–H and O–H groups in total. The van der Waals surface area contributed by atoms with Crippen LogP contribution in [0.3, 0.4) is 0 Å². The first kappa shape index (κ1) is 19.5. The van der Waals surface area contributed by atoms with E-state index < -0.39 is 5.97 Å². The number of aromatic nitrogens is 1. The Balaban J connectivity index is 1.48. The van der Waals surface area contributed by atoms with Crippen LogP contribution in [0.25, 0.3) is 10.9 Å². The second kappa shape index (κ2) is 6.41. The Kier molecular flexibility index (Phi) is 4.03. The molecule has 0 radical (unpaired) electrons. The summed E-state index contributed by atoms with van der Waals surface area (Å²) in [7, 11) is 0. The number of hydrogen-bond donors (Lipinski definition) is 2. The van der Waals surface area contributed by atoms with Crippen molar-refractivity contribution in [3.8, 4) is 0 Å². The van der Waals surface area contributed by atoms with Gasteiger partial charge in [0.2, 0.25) is 0 Å². The fourth-order valence-electron chi connectivity index (χ4n) is 8.02. The summed E-state index contributed by atoms with van der Waals surface area (Å²) < 4.78 is 0. The highest BCUT2D eigenvalue weighted by atomic mass is 16.4. The van der Waals surface area contributed by atoms with Crippen LogP contribution in [0.5, 0.6) is 0 Å². The minimum absolute atomic E-state index is 0.0549. The number of carbonyl (C=O) groups is 1. The third-order valence-corrected chi connectivity index (χ3v) is 9.64. The number of benzene rings is 1. The molecule has 0 amide bonds. The number of fused-ring (bicyclic) bond motifs is 8. The molecule has 4 aliphatic carbocycles. The quantitative estimate of drug-likeness (QED) is 0.620. The van der Waals surface area contributed by atoms with Crippen molar-refractivity contribution >= 4 is 16.9 Å². The number of hydrogen-bond acceptors (Lipinski definition) is 3. The Hall–Kier alpha value is -2.20. The van der Waals surface area contributed by atoms with Gasteiger partial charge in [-0.1, -0.05) is 43.7 Å². The Morgan fingerprint density at radius 1 is 1.06 bits per heavy atom. The summed E-state index contributed by atoms with van der Waals surface area (Å²) in [5.74, 6) is 0.787. The smallest absolute Gasteiger partial charge is 0.336 e. The maximum Gasteiger partial charge on any atom is 0.336 e. The maximum atomic E-state index is 12.4. The van der Waals surface area contributed by atoms with Crippen molar-refractivity contribution in [2.45, 2.75) is 70.3 Å². The Morgan fingerprint density at radius 3 is 2.65 bits per heavy atom. The van der Waals surface area contributed by atoms with Gasteiger partial charge >= 0.3 is 5.97 Å². The molecule has 6 atom stereocenters. The fraction of sp³-hybridized carbons (Fsp3) is 0.556. The summed E-state index contributed by atoms with van der Waals surface area (Å²) >= 11 is 0. The molecule has 2 saturated carbocycles.